The first-order chi connectivity index (χ1) is 10.2. The van der Waals surface area contributed by atoms with Crippen LogP contribution in [0.1, 0.15) is 62.2 Å². The van der Waals surface area contributed by atoms with Crippen molar-refractivity contribution in [1.29, 1.82) is 0 Å². The first-order valence-electron chi connectivity index (χ1n) is 8.37. The van der Waals surface area contributed by atoms with Crippen molar-refractivity contribution >= 4 is 5.91 Å². The number of hydrogen-bond acceptors (Lipinski definition) is 2. The van der Waals surface area contributed by atoms with E-state index in [1.54, 1.807) is 0 Å². The van der Waals surface area contributed by atoms with E-state index in [1.165, 1.54) is 43.2 Å². The summed E-state index contributed by atoms with van der Waals surface area (Å²) in [6, 6.07) is 9.08. The molecule has 1 saturated heterocycles. The smallest absolute Gasteiger partial charge is 0.244 e. The maximum absolute atomic E-state index is 13.1. The number of carbonyl (C=O) groups excluding carboxylic acids is 1. The number of nitrogens with zero attached hydrogens (tertiary/aromatic N) is 1. The third-order valence-corrected chi connectivity index (χ3v) is 5.62. The van der Waals surface area contributed by atoms with Crippen molar-refractivity contribution in [1.82, 2.24) is 10.2 Å². The molecule has 3 fully saturated rings. The minimum Gasteiger partial charge on any atom is -0.318 e. The average Bonchev–Trinajstić information content (AvgIpc) is 2.99. The van der Waals surface area contributed by atoms with E-state index in [4.69, 9.17) is 0 Å². The van der Waals surface area contributed by atoms with Crippen LogP contribution in [0.5, 0.6) is 0 Å². The van der Waals surface area contributed by atoms with E-state index in [9.17, 15) is 4.79 Å². The molecule has 3 nitrogen and oxygen atoms in total. The Morgan fingerprint density at radius 3 is 2.57 bits per heavy atom. The van der Waals surface area contributed by atoms with Crippen LogP contribution in [0.3, 0.4) is 0 Å². The summed E-state index contributed by atoms with van der Waals surface area (Å²) in [6.07, 6.45) is 8.07. The third-order valence-electron chi connectivity index (χ3n) is 5.62. The number of carbonyl (C=O) groups is 1. The van der Waals surface area contributed by atoms with Crippen LogP contribution >= 0.6 is 0 Å². The molecule has 4 rings (SSSR count). The van der Waals surface area contributed by atoms with Crippen LogP contribution in [0.15, 0.2) is 24.3 Å². The molecule has 1 amide bonds. The van der Waals surface area contributed by atoms with Gasteiger partial charge >= 0.3 is 0 Å². The quantitative estimate of drug-likeness (QED) is 0.904. The normalized spacial score (nSPS) is 28.3. The molecule has 1 aromatic rings. The van der Waals surface area contributed by atoms with Crippen molar-refractivity contribution in [3.63, 3.8) is 0 Å². The molecule has 0 radical (unpaired) electrons. The molecule has 2 aliphatic carbocycles. The second-order valence-corrected chi connectivity index (χ2v) is 7.05. The van der Waals surface area contributed by atoms with Gasteiger partial charge in [0.15, 0.2) is 0 Å². The van der Waals surface area contributed by atoms with Gasteiger partial charge in [-0.1, -0.05) is 42.7 Å². The summed E-state index contributed by atoms with van der Waals surface area (Å²) in [6.45, 7) is 2.12. The largest absolute Gasteiger partial charge is 0.318 e. The molecule has 21 heavy (non-hydrogen) atoms. The van der Waals surface area contributed by atoms with Crippen LogP contribution in [0.2, 0.25) is 0 Å². The lowest BCUT2D eigenvalue weighted by Crippen LogP contribution is -2.47. The fraction of sp³-hybridized carbons (Fsp3) is 0.611. The van der Waals surface area contributed by atoms with Gasteiger partial charge < -0.3 is 4.90 Å². The molecule has 1 atom stereocenters. The number of aryl methyl sites for hydroxylation is 1. The zero-order valence-corrected chi connectivity index (χ0v) is 12.8. The lowest BCUT2D eigenvalue weighted by atomic mass is 9.89. The highest BCUT2D eigenvalue weighted by molar-refractivity contribution is 5.89. The van der Waals surface area contributed by atoms with Gasteiger partial charge in [-0.05, 0) is 44.6 Å². The van der Waals surface area contributed by atoms with E-state index >= 15 is 0 Å². The maximum Gasteiger partial charge on any atom is 0.244 e. The van der Waals surface area contributed by atoms with Crippen molar-refractivity contribution in [2.75, 3.05) is 0 Å². The Hall–Kier alpha value is -1.35. The van der Waals surface area contributed by atoms with Crippen molar-refractivity contribution in [2.45, 2.75) is 69.6 Å². The summed E-state index contributed by atoms with van der Waals surface area (Å²) >= 11 is 0. The van der Waals surface area contributed by atoms with Crippen LogP contribution in [-0.4, -0.2) is 22.4 Å². The minimum absolute atomic E-state index is 0.0841. The Morgan fingerprint density at radius 1 is 1.19 bits per heavy atom. The highest BCUT2D eigenvalue weighted by Crippen LogP contribution is 2.44. The number of benzene rings is 1. The molecule has 0 aromatic heterocycles. The van der Waals surface area contributed by atoms with Gasteiger partial charge in [0.25, 0.3) is 0 Å². The van der Waals surface area contributed by atoms with E-state index in [2.05, 4.69) is 41.4 Å². The molecule has 112 valence electrons. The standard InChI is InChI=1S/C18H24N2O/c1-13-6-4-7-14(12-13)16-19-18(10-2-3-11-18)17(21)20(16)15-8-5-9-15/h4,6-7,12,15-16,19H,2-3,5,8-11H2,1H3. The number of nitrogens with one attached hydrogen (secondary N) is 1. The summed E-state index contributed by atoms with van der Waals surface area (Å²) in [5, 5.41) is 3.74. The Balaban J connectivity index is 1.71. The summed E-state index contributed by atoms with van der Waals surface area (Å²) < 4.78 is 0. The fourth-order valence-electron chi connectivity index (χ4n) is 4.22. The van der Waals surface area contributed by atoms with Gasteiger partial charge in [0.2, 0.25) is 5.91 Å². The van der Waals surface area contributed by atoms with Crippen LogP contribution < -0.4 is 5.32 Å². The zero-order chi connectivity index (χ0) is 14.4. The fourth-order valence-corrected chi connectivity index (χ4v) is 4.22. The lowest BCUT2D eigenvalue weighted by Gasteiger charge is -2.38. The molecule has 1 N–H and O–H groups in total. The Kier molecular flexibility index (Phi) is 3.07. The van der Waals surface area contributed by atoms with Gasteiger partial charge in [-0.3, -0.25) is 10.1 Å². The van der Waals surface area contributed by atoms with Crippen LogP contribution in [0.4, 0.5) is 0 Å². The monoisotopic (exact) mass is 284 g/mol. The molecule has 1 aliphatic heterocycles. The Morgan fingerprint density at radius 2 is 1.95 bits per heavy atom. The van der Waals surface area contributed by atoms with Gasteiger partial charge in [-0.2, -0.15) is 0 Å². The highest BCUT2D eigenvalue weighted by Gasteiger charge is 2.54. The molecule has 2 saturated carbocycles. The van der Waals surface area contributed by atoms with Gasteiger partial charge in [0.05, 0.1) is 5.54 Å². The van der Waals surface area contributed by atoms with Gasteiger partial charge in [0, 0.05) is 6.04 Å². The SMILES string of the molecule is Cc1cccc(C2NC3(CCCC3)C(=O)N2C2CCC2)c1. The van der Waals surface area contributed by atoms with Gasteiger partial charge in [0.1, 0.15) is 6.17 Å². The van der Waals surface area contributed by atoms with E-state index in [1.807, 2.05) is 0 Å². The topological polar surface area (TPSA) is 32.3 Å². The van der Waals surface area contributed by atoms with E-state index in [0.717, 1.165) is 12.8 Å². The van der Waals surface area contributed by atoms with Crippen LogP contribution in [0, 0.1) is 6.92 Å². The zero-order valence-electron chi connectivity index (χ0n) is 12.8. The van der Waals surface area contributed by atoms with Crippen LogP contribution in [-0.2, 0) is 4.79 Å². The lowest BCUT2D eigenvalue weighted by molar-refractivity contribution is -0.137. The first kappa shape index (κ1) is 13.3. The van der Waals surface area contributed by atoms with E-state index in [-0.39, 0.29) is 11.7 Å². The molecular formula is C18H24N2O. The predicted molar refractivity (Wildman–Crippen MR) is 82.7 cm³/mol. The predicted octanol–water partition coefficient (Wildman–Crippen LogP) is 3.29. The molecule has 0 bridgehead atoms. The van der Waals surface area contributed by atoms with Gasteiger partial charge in [-0.15, -0.1) is 0 Å². The molecule has 3 heteroatoms. The van der Waals surface area contributed by atoms with Crippen LogP contribution in [0.25, 0.3) is 0 Å². The summed E-state index contributed by atoms with van der Waals surface area (Å²) in [5.41, 5.74) is 2.26. The summed E-state index contributed by atoms with van der Waals surface area (Å²) in [5.74, 6) is 0.371. The molecule has 1 heterocycles. The van der Waals surface area contributed by atoms with Crippen molar-refractivity contribution in [3.05, 3.63) is 35.4 Å². The van der Waals surface area contributed by atoms with Gasteiger partial charge in [-0.25, -0.2) is 0 Å². The second-order valence-electron chi connectivity index (χ2n) is 7.05. The molecule has 1 spiro atoms. The van der Waals surface area contributed by atoms with Crippen molar-refractivity contribution in [2.24, 2.45) is 0 Å². The number of amides is 1. The maximum atomic E-state index is 13.1. The van der Waals surface area contributed by atoms with Crippen molar-refractivity contribution < 1.29 is 4.79 Å². The molecule has 1 unspecified atom stereocenters. The summed E-state index contributed by atoms with van der Waals surface area (Å²) in [7, 11) is 0. The first-order valence-corrected chi connectivity index (χ1v) is 8.37. The Bertz CT molecular complexity index is 558. The molecular weight excluding hydrogens is 260 g/mol. The summed E-state index contributed by atoms with van der Waals surface area (Å²) in [4.78, 5) is 15.3. The Labute approximate surface area is 126 Å². The molecule has 3 aliphatic rings. The third kappa shape index (κ3) is 2.02. The van der Waals surface area contributed by atoms with Crippen molar-refractivity contribution in [3.8, 4) is 0 Å². The highest BCUT2D eigenvalue weighted by atomic mass is 16.2. The number of rotatable bonds is 2. The second kappa shape index (κ2) is 4.84. The molecule has 1 aromatic carbocycles. The minimum atomic E-state index is -0.260. The average molecular weight is 284 g/mol. The van der Waals surface area contributed by atoms with E-state index < -0.39 is 0 Å². The van der Waals surface area contributed by atoms with E-state index in [0.29, 0.717) is 11.9 Å². The number of hydrogen-bond donors (Lipinski definition) is 1.